The Labute approximate surface area is 118 Å². The molecule has 19 heavy (non-hydrogen) atoms. The quantitative estimate of drug-likeness (QED) is 0.682. The monoisotopic (exact) mass is 265 g/mol. The van der Waals surface area contributed by atoms with Gasteiger partial charge < -0.3 is 5.32 Å². The Morgan fingerprint density at radius 1 is 0.789 bits per heavy atom. The molecule has 0 radical (unpaired) electrons. The van der Waals surface area contributed by atoms with E-state index in [1.54, 1.807) is 0 Å². The number of nitrogens with one attached hydrogen (secondary N) is 1. The van der Waals surface area contributed by atoms with Gasteiger partial charge >= 0.3 is 0 Å². The van der Waals surface area contributed by atoms with Crippen molar-refractivity contribution in [2.45, 2.75) is 96.4 Å². The fourth-order valence-corrected chi connectivity index (χ4v) is 4.14. The van der Waals surface area contributed by atoms with Gasteiger partial charge in [0.15, 0.2) is 0 Å². The second-order valence-corrected chi connectivity index (χ2v) is 7.31. The van der Waals surface area contributed by atoms with Gasteiger partial charge in [0.1, 0.15) is 0 Å². The van der Waals surface area contributed by atoms with Gasteiger partial charge in [0, 0.05) is 17.4 Å². The maximum atomic E-state index is 11.9. The van der Waals surface area contributed by atoms with Crippen molar-refractivity contribution >= 4 is 5.91 Å². The van der Waals surface area contributed by atoms with E-state index in [2.05, 4.69) is 19.2 Å². The highest BCUT2D eigenvalue weighted by molar-refractivity contribution is 5.80. The Morgan fingerprint density at radius 3 is 1.58 bits per heavy atom. The van der Waals surface area contributed by atoms with Crippen molar-refractivity contribution < 1.29 is 4.79 Å². The molecule has 0 bridgehead atoms. The van der Waals surface area contributed by atoms with Crippen LogP contribution in [0.3, 0.4) is 0 Å². The summed E-state index contributed by atoms with van der Waals surface area (Å²) in [6, 6.07) is 0. The average Bonchev–Trinajstić information content (AvgIpc) is 2.53. The zero-order valence-electron chi connectivity index (χ0n) is 12.9. The largest absolute Gasteiger partial charge is 0.351 e. The number of hydrogen-bond donors (Lipinski definition) is 1. The van der Waals surface area contributed by atoms with Crippen LogP contribution in [0.15, 0.2) is 0 Å². The molecule has 1 saturated heterocycles. The smallest absolute Gasteiger partial charge is 0.221 e. The topological polar surface area (TPSA) is 29.1 Å². The first-order valence-electron chi connectivity index (χ1n) is 8.37. The summed E-state index contributed by atoms with van der Waals surface area (Å²) in [7, 11) is 0. The number of amides is 1. The molecule has 1 saturated carbocycles. The minimum Gasteiger partial charge on any atom is -0.351 e. The van der Waals surface area contributed by atoms with Crippen molar-refractivity contribution in [3.8, 4) is 0 Å². The molecule has 1 spiro atoms. The van der Waals surface area contributed by atoms with E-state index < -0.39 is 0 Å². The summed E-state index contributed by atoms with van der Waals surface area (Å²) >= 11 is 0. The molecule has 1 aliphatic heterocycles. The van der Waals surface area contributed by atoms with E-state index in [1.165, 1.54) is 70.6 Å². The molecule has 2 nitrogen and oxygen atoms in total. The van der Waals surface area contributed by atoms with Crippen LogP contribution < -0.4 is 5.32 Å². The number of carbonyl (C=O) groups is 1. The molecule has 1 aliphatic carbocycles. The summed E-state index contributed by atoms with van der Waals surface area (Å²) in [6.07, 6.45) is 15.6. The van der Waals surface area contributed by atoms with Crippen LogP contribution in [0.1, 0.15) is 90.9 Å². The molecule has 0 atom stereocenters. The highest BCUT2D eigenvalue weighted by atomic mass is 16.2. The molecule has 1 amide bonds. The second kappa shape index (κ2) is 6.28. The van der Waals surface area contributed by atoms with Crippen molar-refractivity contribution in [1.29, 1.82) is 0 Å². The van der Waals surface area contributed by atoms with Crippen molar-refractivity contribution in [1.82, 2.24) is 5.32 Å². The van der Waals surface area contributed by atoms with Gasteiger partial charge in [0.25, 0.3) is 0 Å². The Hall–Kier alpha value is -0.530. The summed E-state index contributed by atoms with van der Waals surface area (Å²) in [4.78, 5) is 11.9. The van der Waals surface area contributed by atoms with Gasteiger partial charge in [-0.25, -0.2) is 0 Å². The fraction of sp³-hybridized carbons (Fsp3) is 0.941. The molecule has 0 aromatic heterocycles. The molecule has 1 heterocycles. The molecule has 2 fully saturated rings. The van der Waals surface area contributed by atoms with Gasteiger partial charge in [-0.2, -0.15) is 0 Å². The van der Waals surface area contributed by atoms with Gasteiger partial charge in [-0.15, -0.1) is 0 Å². The van der Waals surface area contributed by atoms with Crippen molar-refractivity contribution in [3.05, 3.63) is 0 Å². The van der Waals surface area contributed by atoms with E-state index in [1.807, 2.05) is 0 Å². The first-order valence-corrected chi connectivity index (χ1v) is 8.37. The van der Waals surface area contributed by atoms with Gasteiger partial charge in [-0.3, -0.25) is 4.79 Å². The van der Waals surface area contributed by atoms with Crippen LogP contribution in [0.4, 0.5) is 0 Å². The van der Waals surface area contributed by atoms with Gasteiger partial charge in [-0.1, -0.05) is 57.8 Å². The van der Waals surface area contributed by atoms with Crippen LogP contribution in [-0.2, 0) is 4.79 Å². The van der Waals surface area contributed by atoms with Gasteiger partial charge in [0.05, 0.1) is 0 Å². The Morgan fingerprint density at radius 2 is 1.21 bits per heavy atom. The lowest BCUT2D eigenvalue weighted by Crippen LogP contribution is -2.47. The molecule has 0 aromatic rings. The highest BCUT2D eigenvalue weighted by Gasteiger charge is 2.51. The number of rotatable bonds is 0. The Kier molecular flexibility index (Phi) is 4.92. The third-order valence-corrected chi connectivity index (χ3v) is 5.59. The van der Waals surface area contributed by atoms with E-state index in [0.29, 0.717) is 0 Å². The van der Waals surface area contributed by atoms with Crippen LogP contribution in [0.5, 0.6) is 0 Å². The van der Waals surface area contributed by atoms with Crippen LogP contribution in [0.25, 0.3) is 0 Å². The van der Waals surface area contributed by atoms with Crippen LogP contribution in [0.2, 0.25) is 0 Å². The van der Waals surface area contributed by atoms with Gasteiger partial charge in [-0.05, 0) is 26.7 Å². The molecular weight excluding hydrogens is 234 g/mol. The molecule has 2 rings (SSSR count). The first kappa shape index (κ1) is 14.9. The zero-order valence-corrected chi connectivity index (χ0v) is 12.9. The summed E-state index contributed by atoms with van der Waals surface area (Å²) in [5, 5.41) is 3.23. The highest BCUT2D eigenvalue weighted by Crippen LogP contribution is 2.48. The van der Waals surface area contributed by atoms with Crippen molar-refractivity contribution in [2.75, 3.05) is 0 Å². The van der Waals surface area contributed by atoms with Crippen LogP contribution >= 0.6 is 0 Å². The standard InChI is InChI=1S/C17H31NO/c1-16(2)17(14-15(19)18-16)12-10-8-6-4-3-5-7-9-11-13-17/h3-14H2,1-2H3,(H,18,19). The van der Waals surface area contributed by atoms with E-state index >= 15 is 0 Å². The molecule has 2 aliphatic rings. The Balaban J connectivity index is 2.03. The lowest BCUT2D eigenvalue weighted by molar-refractivity contribution is -0.120. The maximum Gasteiger partial charge on any atom is 0.221 e. The third-order valence-electron chi connectivity index (χ3n) is 5.59. The predicted octanol–water partition coefficient (Wildman–Crippen LogP) is 4.58. The molecule has 110 valence electrons. The predicted molar refractivity (Wildman–Crippen MR) is 80.1 cm³/mol. The lowest BCUT2D eigenvalue weighted by Gasteiger charge is -2.41. The minimum atomic E-state index is -0.00575. The SMILES string of the molecule is CC1(C)NC(=O)CC12CCCCCCCCCCC2. The van der Waals surface area contributed by atoms with E-state index in [-0.39, 0.29) is 16.9 Å². The average molecular weight is 265 g/mol. The molecule has 0 aromatic carbocycles. The van der Waals surface area contributed by atoms with Crippen molar-refractivity contribution in [2.24, 2.45) is 5.41 Å². The van der Waals surface area contributed by atoms with Gasteiger partial charge in [0.2, 0.25) is 5.91 Å². The molecule has 2 heteroatoms. The fourth-order valence-electron chi connectivity index (χ4n) is 4.14. The summed E-state index contributed by atoms with van der Waals surface area (Å²) in [5.41, 5.74) is 0.220. The Bertz CT molecular complexity index is 296. The normalized spacial score (nSPS) is 28.4. The van der Waals surface area contributed by atoms with Crippen molar-refractivity contribution in [3.63, 3.8) is 0 Å². The number of carbonyl (C=O) groups excluding carboxylic acids is 1. The minimum absolute atomic E-state index is 0.00575. The maximum absolute atomic E-state index is 11.9. The molecular formula is C17H31NO. The van der Waals surface area contributed by atoms with E-state index in [0.717, 1.165) is 6.42 Å². The first-order chi connectivity index (χ1) is 9.06. The van der Waals surface area contributed by atoms with Crippen LogP contribution in [0, 0.1) is 5.41 Å². The summed E-state index contributed by atoms with van der Waals surface area (Å²) < 4.78 is 0. The van der Waals surface area contributed by atoms with E-state index in [4.69, 9.17) is 0 Å². The summed E-state index contributed by atoms with van der Waals surface area (Å²) in [6.45, 7) is 4.48. The third kappa shape index (κ3) is 3.52. The van der Waals surface area contributed by atoms with E-state index in [9.17, 15) is 4.79 Å². The zero-order chi connectivity index (χ0) is 13.8. The summed E-state index contributed by atoms with van der Waals surface area (Å²) in [5.74, 6) is 0.275. The molecule has 0 unspecified atom stereocenters. The second-order valence-electron chi connectivity index (χ2n) is 7.31. The lowest BCUT2D eigenvalue weighted by atomic mass is 9.66. The number of hydrogen-bond acceptors (Lipinski definition) is 1. The van der Waals surface area contributed by atoms with Crippen LogP contribution in [-0.4, -0.2) is 11.4 Å². The molecule has 1 N–H and O–H groups in total.